The van der Waals surface area contributed by atoms with Crippen molar-refractivity contribution in [3.8, 4) is 11.3 Å². The molecule has 20 heavy (non-hydrogen) atoms. The molecule has 2 aromatic heterocycles. The fraction of sp³-hybridized carbons (Fsp3) is 0.0667. The Morgan fingerprint density at radius 2 is 2.00 bits per heavy atom. The van der Waals surface area contributed by atoms with Crippen molar-refractivity contribution in [2.45, 2.75) is 6.92 Å². The molecule has 0 aliphatic heterocycles. The van der Waals surface area contributed by atoms with Gasteiger partial charge in [-0.1, -0.05) is 30.3 Å². The van der Waals surface area contributed by atoms with E-state index in [-0.39, 0.29) is 4.88 Å². The molecule has 0 aliphatic carbocycles. The molecular weight excluding hydrogens is 272 g/mol. The van der Waals surface area contributed by atoms with E-state index in [1.165, 1.54) is 0 Å². The van der Waals surface area contributed by atoms with Crippen molar-refractivity contribution >= 4 is 33.2 Å². The minimum absolute atomic E-state index is 0.154. The molecule has 3 aromatic rings. The first-order valence-electron chi connectivity index (χ1n) is 6.06. The molecule has 3 rings (SSSR count). The number of hydrogen-bond donors (Lipinski definition) is 2. The lowest BCUT2D eigenvalue weighted by molar-refractivity contribution is 0.0703. The van der Waals surface area contributed by atoms with Gasteiger partial charge in [0.25, 0.3) is 0 Å². The van der Waals surface area contributed by atoms with Crippen molar-refractivity contribution in [1.29, 1.82) is 0 Å². The summed E-state index contributed by atoms with van der Waals surface area (Å²) in [7, 11) is 0. The highest BCUT2D eigenvalue weighted by Crippen LogP contribution is 2.36. The van der Waals surface area contributed by atoms with E-state index in [0.29, 0.717) is 10.5 Å². The second-order valence-electron chi connectivity index (χ2n) is 4.52. The number of pyridine rings is 1. The fourth-order valence-electron chi connectivity index (χ4n) is 2.23. The molecule has 1 aromatic carbocycles. The highest BCUT2D eigenvalue weighted by Gasteiger charge is 2.18. The number of nitrogens with two attached hydrogens (primary N) is 1. The Morgan fingerprint density at radius 1 is 1.30 bits per heavy atom. The molecule has 100 valence electrons. The third-order valence-electron chi connectivity index (χ3n) is 3.16. The molecule has 0 spiro atoms. The number of rotatable bonds is 2. The number of carbonyl (C=O) groups is 1. The zero-order chi connectivity index (χ0) is 14.3. The number of hydrogen-bond acceptors (Lipinski definition) is 4. The van der Waals surface area contributed by atoms with Crippen molar-refractivity contribution in [3.05, 3.63) is 46.8 Å². The number of nitrogen functional groups attached to an aromatic ring is 1. The first-order valence-corrected chi connectivity index (χ1v) is 6.88. The molecule has 0 fully saturated rings. The van der Waals surface area contributed by atoms with Crippen LogP contribution >= 0.6 is 11.3 Å². The van der Waals surface area contributed by atoms with Crippen molar-refractivity contribution in [2.75, 3.05) is 5.73 Å². The number of benzene rings is 1. The van der Waals surface area contributed by atoms with E-state index in [1.54, 1.807) is 0 Å². The van der Waals surface area contributed by atoms with Crippen LogP contribution in [0.5, 0.6) is 0 Å². The average molecular weight is 284 g/mol. The Hall–Kier alpha value is -2.40. The van der Waals surface area contributed by atoms with Crippen LogP contribution in [0.1, 0.15) is 15.2 Å². The normalized spacial score (nSPS) is 10.8. The maximum absolute atomic E-state index is 11.2. The maximum atomic E-state index is 11.2. The van der Waals surface area contributed by atoms with Crippen molar-refractivity contribution in [2.24, 2.45) is 0 Å². The molecular formula is C15H12N2O2S. The van der Waals surface area contributed by atoms with Crippen LogP contribution in [-0.4, -0.2) is 16.1 Å². The van der Waals surface area contributed by atoms with Crippen LogP contribution in [0.2, 0.25) is 0 Å². The van der Waals surface area contributed by atoms with Gasteiger partial charge in [0.15, 0.2) is 0 Å². The topological polar surface area (TPSA) is 76.2 Å². The van der Waals surface area contributed by atoms with Gasteiger partial charge in [0, 0.05) is 10.9 Å². The number of carboxylic acids is 1. The van der Waals surface area contributed by atoms with Crippen LogP contribution in [0.25, 0.3) is 21.5 Å². The lowest BCUT2D eigenvalue weighted by Crippen LogP contribution is -1.97. The van der Waals surface area contributed by atoms with Gasteiger partial charge in [-0.2, -0.15) is 0 Å². The summed E-state index contributed by atoms with van der Waals surface area (Å²) in [5.74, 6) is -1.01. The standard InChI is InChI=1S/C15H12N2O2S/c1-8-7-10(9-5-3-2-4-6-9)17-14-11(8)12(16)13(20-14)15(18)19/h2-7H,16H2,1H3,(H,18,19). The summed E-state index contributed by atoms with van der Waals surface area (Å²) in [6.45, 7) is 1.92. The summed E-state index contributed by atoms with van der Waals surface area (Å²) in [5.41, 5.74) is 9.00. The Labute approximate surface area is 119 Å². The van der Waals surface area contributed by atoms with Gasteiger partial charge in [-0.3, -0.25) is 0 Å². The number of aryl methyl sites for hydroxylation is 1. The molecule has 0 saturated heterocycles. The van der Waals surface area contributed by atoms with Crippen LogP contribution in [-0.2, 0) is 0 Å². The number of nitrogens with zero attached hydrogens (tertiary/aromatic N) is 1. The second-order valence-corrected chi connectivity index (χ2v) is 5.52. The molecule has 0 saturated carbocycles. The van der Waals surface area contributed by atoms with E-state index in [9.17, 15) is 4.79 Å². The lowest BCUT2D eigenvalue weighted by atomic mass is 10.1. The second kappa shape index (κ2) is 4.61. The van der Waals surface area contributed by atoms with Crippen LogP contribution < -0.4 is 5.73 Å². The summed E-state index contributed by atoms with van der Waals surface area (Å²) < 4.78 is 0. The fourth-order valence-corrected chi connectivity index (χ4v) is 3.24. The third kappa shape index (κ3) is 1.92. The number of thiophene rings is 1. The van der Waals surface area contributed by atoms with Crippen LogP contribution in [0, 0.1) is 6.92 Å². The Bertz CT molecular complexity index is 810. The summed E-state index contributed by atoms with van der Waals surface area (Å²) >= 11 is 1.12. The number of fused-ring (bicyclic) bond motifs is 1. The zero-order valence-electron chi connectivity index (χ0n) is 10.8. The zero-order valence-corrected chi connectivity index (χ0v) is 11.6. The van der Waals surface area contributed by atoms with E-state index in [1.807, 2.05) is 43.3 Å². The van der Waals surface area contributed by atoms with Crippen LogP contribution in [0.4, 0.5) is 5.69 Å². The number of aromatic nitrogens is 1. The predicted molar refractivity (Wildman–Crippen MR) is 81.2 cm³/mol. The van der Waals surface area contributed by atoms with Gasteiger partial charge in [0.1, 0.15) is 9.71 Å². The van der Waals surface area contributed by atoms with Gasteiger partial charge in [-0.15, -0.1) is 11.3 Å². The van der Waals surface area contributed by atoms with Gasteiger partial charge in [-0.05, 0) is 18.6 Å². The summed E-state index contributed by atoms with van der Waals surface area (Å²) in [6.07, 6.45) is 0. The molecule has 2 heterocycles. The Kier molecular flexibility index (Phi) is 2.91. The highest BCUT2D eigenvalue weighted by molar-refractivity contribution is 7.21. The summed E-state index contributed by atoms with van der Waals surface area (Å²) in [5, 5.41) is 9.89. The number of carboxylic acid groups (broad SMARTS) is 1. The maximum Gasteiger partial charge on any atom is 0.348 e. The SMILES string of the molecule is Cc1cc(-c2ccccc2)nc2sc(C(=O)O)c(N)c12. The van der Waals surface area contributed by atoms with Gasteiger partial charge in [0.2, 0.25) is 0 Å². The van der Waals surface area contributed by atoms with Gasteiger partial charge in [-0.25, -0.2) is 9.78 Å². The Balaban J connectivity index is 2.28. The minimum Gasteiger partial charge on any atom is -0.477 e. The third-order valence-corrected chi connectivity index (χ3v) is 4.25. The lowest BCUT2D eigenvalue weighted by Gasteiger charge is -2.04. The van der Waals surface area contributed by atoms with Crippen LogP contribution in [0.15, 0.2) is 36.4 Å². The monoisotopic (exact) mass is 284 g/mol. The van der Waals surface area contributed by atoms with Crippen molar-refractivity contribution in [3.63, 3.8) is 0 Å². The molecule has 5 heteroatoms. The predicted octanol–water partition coefficient (Wildman–Crippen LogP) is 3.55. The molecule has 0 unspecified atom stereocenters. The quantitative estimate of drug-likeness (QED) is 0.754. The first kappa shape index (κ1) is 12.6. The van der Waals surface area contributed by atoms with Crippen molar-refractivity contribution < 1.29 is 9.90 Å². The summed E-state index contributed by atoms with van der Waals surface area (Å²) in [4.78, 5) is 16.5. The molecule has 0 radical (unpaired) electrons. The largest absolute Gasteiger partial charge is 0.477 e. The minimum atomic E-state index is -1.01. The Morgan fingerprint density at radius 3 is 2.65 bits per heavy atom. The molecule has 4 nitrogen and oxygen atoms in total. The molecule has 0 bridgehead atoms. The van der Waals surface area contributed by atoms with Crippen molar-refractivity contribution in [1.82, 2.24) is 4.98 Å². The highest BCUT2D eigenvalue weighted by atomic mass is 32.1. The molecule has 3 N–H and O–H groups in total. The average Bonchev–Trinajstić information content (AvgIpc) is 2.77. The van der Waals surface area contributed by atoms with E-state index < -0.39 is 5.97 Å². The van der Waals surface area contributed by atoms with Crippen LogP contribution in [0.3, 0.4) is 0 Å². The first-order chi connectivity index (χ1) is 9.58. The number of anilines is 1. The van der Waals surface area contributed by atoms with E-state index in [4.69, 9.17) is 10.8 Å². The summed E-state index contributed by atoms with van der Waals surface area (Å²) in [6, 6.07) is 11.7. The van der Waals surface area contributed by atoms with E-state index in [0.717, 1.165) is 33.5 Å². The van der Waals surface area contributed by atoms with Gasteiger partial charge < -0.3 is 10.8 Å². The molecule has 0 atom stereocenters. The number of aromatic carboxylic acids is 1. The smallest absolute Gasteiger partial charge is 0.348 e. The van der Waals surface area contributed by atoms with E-state index >= 15 is 0 Å². The molecule has 0 aliphatic rings. The van der Waals surface area contributed by atoms with Gasteiger partial charge >= 0.3 is 5.97 Å². The molecule has 0 amide bonds. The van der Waals surface area contributed by atoms with E-state index in [2.05, 4.69) is 4.98 Å². The van der Waals surface area contributed by atoms with Gasteiger partial charge in [0.05, 0.1) is 11.4 Å².